The molecule has 1 aromatic rings. The molecule has 0 amide bonds. The SMILES string of the molecule is CC(=O)ON=C1CCCc2ccccc2C1=O. The van der Waals surface area contributed by atoms with Crippen molar-refractivity contribution in [2.75, 3.05) is 0 Å². The second kappa shape index (κ2) is 4.91. The Morgan fingerprint density at radius 2 is 2.06 bits per heavy atom. The Morgan fingerprint density at radius 1 is 1.29 bits per heavy atom. The third kappa shape index (κ3) is 2.58. The van der Waals surface area contributed by atoms with Crippen molar-refractivity contribution in [1.82, 2.24) is 0 Å². The van der Waals surface area contributed by atoms with Crippen molar-refractivity contribution >= 4 is 17.5 Å². The second-order valence-corrected chi connectivity index (χ2v) is 3.96. The summed E-state index contributed by atoms with van der Waals surface area (Å²) in [6, 6.07) is 7.47. The highest BCUT2D eigenvalue weighted by atomic mass is 16.7. The lowest BCUT2D eigenvalue weighted by atomic mass is 10.0. The minimum atomic E-state index is -0.511. The molecule has 0 bridgehead atoms. The highest BCUT2D eigenvalue weighted by Crippen LogP contribution is 2.19. The first-order chi connectivity index (χ1) is 8.18. The first-order valence-corrected chi connectivity index (χ1v) is 5.55. The molecule has 1 aliphatic rings. The number of ketones is 1. The number of hydrogen-bond acceptors (Lipinski definition) is 4. The summed E-state index contributed by atoms with van der Waals surface area (Å²) in [4.78, 5) is 27.4. The Hall–Kier alpha value is -1.97. The van der Waals surface area contributed by atoms with Gasteiger partial charge in [-0.15, -0.1) is 0 Å². The zero-order valence-electron chi connectivity index (χ0n) is 9.60. The van der Waals surface area contributed by atoms with Crippen molar-refractivity contribution in [2.24, 2.45) is 5.16 Å². The lowest BCUT2D eigenvalue weighted by molar-refractivity contribution is -0.140. The van der Waals surface area contributed by atoms with Crippen molar-refractivity contribution in [3.05, 3.63) is 35.4 Å². The molecule has 0 heterocycles. The van der Waals surface area contributed by atoms with Gasteiger partial charge in [-0.05, 0) is 24.8 Å². The molecule has 0 atom stereocenters. The van der Waals surface area contributed by atoms with Crippen LogP contribution in [0.25, 0.3) is 0 Å². The molecule has 1 aromatic carbocycles. The predicted molar refractivity (Wildman–Crippen MR) is 62.9 cm³/mol. The normalized spacial score (nSPS) is 17.5. The Morgan fingerprint density at radius 3 is 2.82 bits per heavy atom. The van der Waals surface area contributed by atoms with Gasteiger partial charge in [-0.2, -0.15) is 0 Å². The third-order valence-corrected chi connectivity index (χ3v) is 2.67. The molecule has 0 saturated carbocycles. The number of Topliss-reactive ketones (excluding diaryl/α,β-unsaturated/α-hetero) is 1. The maximum absolute atomic E-state index is 12.1. The molecule has 0 aliphatic heterocycles. The number of aryl methyl sites for hydroxylation is 1. The summed E-state index contributed by atoms with van der Waals surface area (Å²) in [6.07, 6.45) is 2.23. The quantitative estimate of drug-likeness (QED) is 0.422. The number of fused-ring (bicyclic) bond motifs is 1. The van der Waals surface area contributed by atoms with E-state index in [1.54, 1.807) is 6.07 Å². The van der Waals surface area contributed by atoms with Gasteiger partial charge in [0.15, 0.2) is 0 Å². The van der Waals surface area contributed by atoms with Crippen LogP contribution >= 0.6 is 0 Å². The summed E-state index contributed by atoms with van der Waals surface area (Å²) in [5, 5.41) is 3.64. The maximum Gasteiger partial charge on any atom is 0.331 e. The molecule has 0 saturated heterocycles. The van der Waals surface area contributed by atoms with Crippen molar-refractivity contribution in [1.29, 1.82) is 0 Å². The summed E-state index contributed by atoms with van der Waals surface area (Å²) in [6.45, 7) is 1.26. The van der Waals surface area contributed by atoms with Crippen molar-refractivity contribution in [3.63, 3.8) is 0 Å². The highest BCUT2D eigenvalue weighted by Gasteiger charge is 2.21. The largest absolute Gasteiger partial charge is 0.331 e. The Kier molecular flexibility index (Phi) is 3.32. The van der Waals surface area contributed by atoms with E-state index < -0.39 is 5.97 Å². The molecule has 0 unspecified atom stereocenters. The van der Waals surface area contributed by atoms with Crippen LogP contribution in [0.3, 0.4) is 0 Å². The first-order valence-electron chi connectivity index (χ1n) is 5.55. The van der Waals surface area contributed by atoms with Crippen LogP contribution in [0.4, 0.5) is 0 Å². The number of nitrogens with zero attached hydrogens (tertiary/aromatic N) is 1. The van der Waals surface area contributed by atoms with Crippen LogP contribution in [0.5, 0.6) is 0 Å². The zero-order chi connectivity index (χ0) is 12.3. The smallest absolute Gasteiger partial charge is 0.318 e. The predicted octanol–water partition coefficient (Wildman–Crippen LogP) is 2.12. The fraction of sp³-hybridized carbons (Fsp3) is 0.308. The van der Waals surface area contributed by atoms with Crippen molar-refractivity contribution in [3.8, 4) is 0 Å². The number of rotatable bonds is 1. The summed E-state index contributed by atoms with van der Waals surface area (Å²) in [7, 11) is 0. The fourth-order valence-corrected chi connectivity index (χ4v) is 1.88. The van der Waals surface area contributed by atoms with Crippen LogP contribution in [-0.2, 0) is 16.1 Å². The van der Waals surface area contributed by atoms with E-state index in [0.717, 1.165) is 18.4 Å². The number of carbonyl (C=O) groups excluding carboxylic acids is 2. The molecule has 0 fully saturated rings. The topological polar surface area (TPSA) is 55.7 Å². The summed E-state index contributed by atoms with van der Waals surface area (Å²) < 4.78 is 0. The van der Waals surface area contributed by atoms with Crippen LogP contribution in [0.2, 0.25) is 0 Å². The molecule has 0 aromatic heterocycles. The Labute approximate surface area is 99.3 Å². The first kappa shape index (κ1) is 11.5. The molecule has 0 spiro atoms. The van der Waals surface area contributed by atoms with E-state index in [9.17, 15) is 9.59 Å². The molecular weight excluding hydrogens is 218 g/mol. The molecule has 88 valence electrons. The fourth-order valence-electron chi connectivity index (χ4n) is 1.88. The van der Waals surface area contributed by atoms with Gasteiger partial charge in [0.1, 0.15) is 5.71 Å². The lowest BCUT2D eigenvalue weighted by Crippen LogP contribution is -2.14. The number of oxime groups is 1. The molecule has 4 heteroatoms. The van der Waals surface area contributed by atoms with Crippen LogP contribution in [-0.4, -0.2) is 17.5 Å². The zero-order valence-corrected chi connectivity index (χ0v) is 9.60. The van der Waals surface area contributed by atoms with Gasteiger partial charge in [-0.1, -0.05) is 29.4 Å². The number of hydrogen-bond donors (Lipinski definition) is 0. The summed E-state index contributed by atoms with van der Waals surface area (Å²) in [5.74, 6) is -0.651. The highest BCUT2D eigenvalue weighted by molar-refractivity contribution is 6.46. The Bertz CT molecular complexity index is 491. The molecule has 4 nitrogen and oxygen atoms in total. The van der Waals surface area contributed by atoms with E-state index in [4.69, 9.17) is 0 Å². The van der Waals surface area contributed by atoms with Crippen LogP contribution in [0.1, 0.15) is 35.7 Å². The molecule has 1 aliphatic carbocycles. The average Bonchev–Trinajstić information content (AvgIpc) is 2.47. The van der Waals surface area contributed by atoms with Gasteiger partial charge in [-0.25, -0.2) is 4.79 Å². The second-order valence-electron chi connectivity index (χ2n) is 3.96. The van der Waals surface area contributed by atoms with E-state index in [-0.39, 0.29) is 5.78 Å². The molecular formula is C13H13NO3. The van der Waals surface area contributed by atoms with Gasteiger partial charge in [-0.3, -0.25) is 4.79 Å². The van der Waals surface area contributed by atoms with Gasteiger partial charge >= 0.3 is 5.97 Å². The van der Waals surface area contributed by atoms with Crippen LogP contribution in [0, 0.1) is 0 Å². The molecule has 0 radical (unpaired) electrons. The van der Waals surface area contributed by atoms with Gasteiger partial charge < -0.3 is 4.84 Å². The lowest BCUT2D eigenvalue weighted by Gasteiger charge is -2.02. The number of benzene rings is 1. The minimum Gasteiger partial charge on any atom is -0.318 e. The van der Waals surface area contributed by atoms with Crippen LogP contribution < -0.4 is 0 Å². The van der Waals surface area contributed by atoms with Gasteiger partial charge in [0.25, 0.3) is 0 Å². The standard InChI is InChI=1S/C13H13NO3/c1-9(15)17-14-12-8-4-6-10-5-2-3-7-11(10)13(12)16/h2-3,5,7H,4,6,8H2,1H3. The third-order valence-electron chi connectivity index (χ3n) is 2.67. The van der Waals surface area contributed by atoms with E-state index in [0.29, 0.717) is 17.7 Å². The molecule has 0 N–H and O–H groups in total. The summed E-state index contributed by atoms with van der Waals surface area (Å²) in [5.41, 5.74) is 2.02. The van der Waals surface area contributed by atoms with Crippen molar-refractivity contribution < 1.29 is 14.4 Å². The average molecular weight is 231 g/mol. The molecule has 17 heavy (non-hydrogen) atoms. The monoisotopic (exact) mass is 231 g/mol. The summed E-state index contributed by atoms with van der Waals surface area (Å²) >= 11 is 0. The van der Waals surface area contributed by atoms with E-state index in [1.807, 2.05) is 18.2 Å². The number of carbonyl (C=O) groups is 2. The van der Waals surface area contributed by atoms with Gasteiger partial charge in [0.05, 0.1) is 0 Å². The maximum atomic E-state index is 12.1. The van der Waals surface area contributed by atoms with E-state index in [1.165, 1.54) is 6.92 Å². The van der Waals surface area contributed by atoms with Gasteiger partial charge in [0.2, 0.25) is 5.78 Å². The van der Waals surface area contributed by atoms with Crippen molar-refractivity contribution in [2.45, 2.75) is 26.2 Å². The molecule has 2 rings (SSSR count). The minimum absolute atomic E-state index is 0.139. The van der Waals surface area contributed by atoms with Crippen LogP contribution in [0.15, 0.2) is 29.4 Å². The van der Waals surface area contributed by atoms with E-state index >= 15 is 0 Å². The van der Waals surface area contributed by atoms with Gasteiger partial charge in [0, 0.05) is 12.5 Å². The Balaban J connectivity index is 2.32. The van der Waals surface area contributed by atoms with E-state index in [2.05, 4.69) is 9.99 Å².